The Kier molecular flexibility index (Phi) is 4.35. The summed E-state index contributed by atoms with van der Waals surface area (Å²) in [7, 11) is 0. The standard InChI is InChI=1S/C10H16BrN3O2/c1-4-16-10(15)7-8(11)14(5-6(2)3)13-9(7)12/h6H,4-5H2,1-3H3,(H2,12,13). The lowest BCUT2D eigenvalue weighted by molar-refractivity contribution is 0.0526. The molecule has 0 radical (unpaired) electrons. The summed E-state index contributed by atoms with van der Waals surface area (Å²) >= 11 is 3.32. The van der Waals surface area contributed by atoms with Crippen molar-refractivity contribution in [1.29, 1.82) is 0 Å². The molecule has 0 aliphatic rings. The van der Waals surface area contributed by atoms with E-state index in [1.807, 2.05) is 0 Å². The Morgan fingerprint density at radius 2 is 2.25 bits per heavy atom. The summed E-state index contributed by atoms with van der Waals surface area (Å²) in [5, 5.41) is 4.10. The van der Waals surface area contributed by atoms with Crippen LogP contribution in [-0.2, 0) is 11.3 Å². The van der Waals surface area contributed by atoms with Crippen molar-refractivity contribution < 1.29 is 9.53 Å². The van der Waals surface area contributed by atoms with Crippen LogP contribution in [0.3, 0.4) is 0 Å². The van der Waals surface area contributed by atoms with Gasteiger partial charge in [-0.2, -0.15) is 5.10 Å². The lowest BCUT2D eigenvalue weighted by Gasteiger charge is -2.06. The number of halogens is 1. The molecule has 90 valence electrons. The van der Waals surface area contributed by atoms with Gasteiger partial charge in [-0.1, -0.05) is 13.8 Å². The van der Waals surface area contributed by atoms with E-state index < -0.39 is 5.97 Å². The molecule has 0 amide bonds. The monoisotopic (exact) mass is 289 g/mol. The minimum absolute atomic E-state index is 0.200. The van der Waals surface area contributed by atoms with Crippen LogP contribution in [0.4, 0.5) is 5.82 Å². The number of aromatic nitrogens is 2. The third-order valence-electron chi connectivity index (χ3n) is 1.94. The molecule has 0 aromatic carbocycles. The first-order chi connectivity index (χ1) is 7.47. The molecule has 0 bridgehead atoms. The topological polar surface area (TPSA) is 70.1 Å². The molecule has 0 atom stereocenters. The predicted molar refractivity (Wildman–Crippen MR) is 65.1 cm³/mol. The number of nitrogen functional groups attached to an aromatic ring is 1. The van der Waals surface area contributed by atoms with E-state index in [4.69, 9.17) is 10.5 Å². The van der Waals surface area contributed by atoms with Gasteiger partial charge in [-0.15, -0.1) is 0 Å². The first-order valence-electron chi connectivity index (χ1n) is 5.16. The van der Waals surface area contributed by atoms with Crippen LogP contribution in [0.5, 0.6) is 0 Å². The third kappa shape index (κ3) is 2.75. The molecular weight excluding hydrogens is 274 g/mol. The number of nitrogens with zero attached hydrogens (tertiary/aromatic N) is 2. The van der Waals surface area contributed by atoms with Crippen LogP contribution in [-0.4, -0.2) is 22.4 Å². The minimum Gasteiger partial charge on any atom is -0.462 e. The van der Waals surface area contributed by atoms with Crippen LogP contribution in [0.1, 0.15) is 31.1 Å². The van der Waals surface area contributed by atoms with Gasteiger partial charge in [0.25, 0.3) is 0 Å². The van der Waals surface area contributed by atoms with E-state index >= 15 is 0 Å². The summed E-state index contributed by atoms with van der Waals surface area (Å²) in [4.78, 5) is 11.6. The molecule has 1 aromatic heterocycles. The largest absolute Gasteiger partial charge is 0.462 e. The molecule has 1 aromatic rings. The van der Waals surface area contributed by atoms with Crippen molar-refractivity contribution in [2.75, 3.05) is 12.3 Å². The molecule has 5 nitrogen and oxygen atoms in total. The number of anilines is 1. The van der Waals surface area contributed by atoms with E-state index in [1.54, 1.807) is 11.6 Å². The molecule has 16 heavy (non-hydrogen) atoms. The van der Waals surface area contributed by atoms with E-state index in [2.05, 4.69) is 34.9 Å². The summed E-state index contributed by atoms with van der Waals surface area (Å²) < 4.78 is 7.16. The fraction of sp³-hybridized carbons (Fsp3) is 0.600. The highest BCUT2D eigenvalue weighted by atomic mass is 79.9. The molecule has 0 unspecified atom stereocenters. The first kappa shape index (κ1) is 13.0. The first-order valence-corrected chi connectivity index (χ1v) is 5.95. The number of hydrogen-bond donors (Lipinski definition) is 1. The van der Waals surface area contributed by atoms with Gasteiger partial charge in [0.2, 0.25) is 0 Å². The Morgan fingerprint density at radius 1 is 1.62 bits per heavy atom. The van der Waals surface area contributed by atoms with E-state index in [9.17, 15) is 4.79 Å². The Morgan fingerprint density at radius 3 is 2.75 bits per heavy atom. The third-order valence-corrected chi connectivity index (χ3v) is 2.74. The molecule has 0 aliphatic heterocycles. The van der Waals surface area contributed by atoms with Crippen molar-refractivity contribution in [3.05, 3.63) is 10.2 Å². The normalized spacial score (nSPS) is 10.8. The van der Waals surface area contributed by atoms with Crippen LogP contribution in [0.15, 0.2) is 4.60 Å². The van der Waals surface area contributed by atoms with E-state index in [0.29, 0.717) is 29.2 Å². The highest BCUT2D eigenvalue weighted by molar-refractivity contribution is 9.10. The number of esters is 1. The lowest BCUT2D eigenvalue weighted by Crippen LogP contribution is -2.08. The summed E-state index contributed by atoms with van der Waals surface area (Å²) in [6.07, 6.45) is 0. The van der Waals surface area contributed by atoms with Gasteiger partial charge in [0, 0.05) is 6.54 Å². The van der Waals surface area contributed by atoms with Crippen LogP contribution in [0.2, 0.25) is 0 Å². The quantitative estimate of drug-likeness (QED) is 0.862. The summed E-state index contributed by atoms with van der Waals surface area (Å²) in [5.74, 6) is 0.179. The molecule has 0 saturated heterocycles. The van der Waals surface area contributed by atoms with Gasteiger partial charge < -0.3 is 10.5 Å². The zero-order chi connectivity index (χ0) is 12.3. The van der Waals surface area contributed by atoms with Crippen LogP contribution in [0, 0.1) is 5.92 Å². The molecule has 1 rings (SSSR count). The molecule has 2 N–H and O–H groups in total. The molecule has 0 fully saturated rings. The van der Waals surface area contributed by atoms with Crippen LogP contribution in [0.25, 0.3) is 0 Å². The second-order valence-electron chi connectivity index (χ2n) is 3.85. The van der Waals surface area contributed by atoms with E-state index in [1.165, 1.54) is 0 Å². The maximum atomic E-state index is 11.6. The van der Waals surface area contributed by atoms with Crippen molar-refractivity contribution >= 4 is 27.7 Å². The zero-order valence-electron chi connectivity index (χ0n) is 9.66. The van der Waals surface area contributed by atoms with Crippen LogP contribution < -0.4 is 5.73 Å². The second kappa shape index (κ2) is 5.34. The number of rotatable bonds is 4. The van der Waals surface area contributed by atoms with Crippen molar-refractivity contribution in [3.8, 4) is 0 Å². The Hall–Kier alpha value is -1.04. The SMILES string of the molecule is CCOC(=O)c1c(N)nn(CC(C)C)c1Br. The van der Waals surface area contributed by atoms with Crippen molar-refractivity contribution in [2.24, 2.45) is 5.92 Å². The highest BCUT2D eigenvalue weighted by Crippen LogP contribution is 2.24. The average Bonchev–Trinajstić information content (AvgIpc) is 2.41. The Bertz CT molecular complexity index is 388. The van der Waals surface area contributed by atoms with Crippen molar-refractivity contribution in [1.82, 2.24) is 9.78 Å². The second-order valence-corrected chi connectivity index (χ2v) is 4.60. The van der Waals surface area contributed by atoms with Gasteiger partial charge in [0.15, 0.2) is 5.82 Å². The number of carbonyl (C=O) groups is 1. The number of ether oxygens (including phenoxy) is 1. The number of nitrogens with two attached hydrogens (primary N) is 1. The fourth-order valence-corrected chi connectivity index (χ4v) is 1.91. The van der Waals surface area contributed by atoms with E-state index in [0.717, 1.165) is 0 Å². The average molecular weight is 290 g/mol. The molecule has 0 saturated carbocycles. The van der Waals surface area contributed by atoms with E-state index in [-0.39, 0.29) is 5.82 Å². The van der Waals surface area contributed by atoms with Gasteiger partial charge >= 0.3 is 5.97 Å². The predicted octanol–water partition coefficient (Wildman–Crippen LogP) is 2.06. The number of carbonyl (C=O) groups excluding carboxylic acids is 1. The molecule has 1 heterocycles. The highest BCUT2D eigenvalue weighted by Gasteiger charge is 2.21. The Labute approximate surface area is 103 Å². The lowest BCUT2D eigenvalue weighted by atomic mass is 10.2. The smallest absolute Gasteiger partial charge is 0.344 e. The zero-order valence-corrected chi connectivity index (χ0v) is 11.2. The minimum atomic E-state index is -0.443. The summed E-state index contributed by atoms with van der Waals surface area (Å²) in [6, 6.07) is 0. The maximum absolute atomic E-state index is 11.6. The van der Waals surface area contributed by atoms with Gasteiger partial charge in [-0.3, -0.25) is 4.68 Å². The van der Waals surface area contributed by atoms with Gasteiger partial charge in [-0.25, -0.2) is 4.79 Å². The summed E-state index contributed by atoms with van der Waals surface area (Å²) in [6.45, 7) is 6.90. The number of hydrogen-bond acceptors (Lipinski definition) is 4. The molecule has 0 spiro atoms. The Balaban J connectivity index is 3.02. The summed E-state index contributed by atoms with van der Waals surface area (Å²) in [5.41, 5.74) is 5.99. The van der Waals surface area contributed by atoms with Crippen LogP contribution >= 0.6 is 15.9 Å². The van der Waals surface area contributed by atoms with Gasteiger partial charge in [0.05, 0.1) is 6.61 Å². The molecule has 0 aliphatic carbocycles. The van der Waals surface area contributed by atoms with Gasteiger partial charge in [-0.05, 0) is 28.8 Å². The maximum Gasteiger partial charge on any atom is 0.344 e. The molecular formula is C10H16BrN3O2. The fourth-order valence-electron chi connectivity index (χ4n) is 1.32. The van der Waals surface area contributed by atoms with Crippen molar-refractivity contribution in [2.45, 2.75) is 27.3 Å². The van der Waals surface area contributed by atoms with Gasteiger partial charge in [0.1, 0.15) is 10.2 Å². The molecule has 6 heteroatoms. The van der Waals surface area contributed by atoms with Crippen molar-refractivity contribution in [3.63, 3.8) is 0 Å².